The van der Waals surface area contributed by atoms with E-state index in [0.29, 0.717) is 23.6 Å². The van der Waals surface area contributed by atoms with Crippen LogP contribution in [0.15, 0.2) is 48.5 Å². The average molecular weight is 341 g/mol. The highest BCUT2D eigenvalue weighted by molar-refractivity contribution is 5.92. The van der Waals surface area contributed by atoms with E-state index in [2.05, 4.69) is 16.2 Å². The normalized spacial score (nSPS) is 13.0. The first-order valence-electron chi connectivity index (χ1n) is 7.99. The van der Waals surface area contributed by atoms with E-state index in [1.54, 1.807) is 18.2 Å². The Morgan fingerprint density at radius 1 is 1.04 bits per heavy atom. The molecule has 1 atom stereocenters. The van der Waals surface area contributed by atoms with Gasteiger partial charge >= 0.3 is 6.03 Å². The Labute approximate surface area is 145 Å². The molecule has 130 valence electrons. The fourth-order valence-electron chi connectivity index (χ4n) is 2.60. The highest BCUT2D eigenvalue weighted by atomic mass is 16.7. The molecular weight excluding hydrogens is 322 g/mol. The van der Waals surface area contributed by atoms with Gasteiger partial charge in [0.25, 0.3) is 0 Å². The maximum absolute atomic E-state index is 12.3. The molecule has 2 aromatic rings. The third-order valence-electron chi connectivity index (χ3n) is 3.86. The molecule has 0 saturated heterocycles. The van der Waals surface area contributed by atoms with Gasteiger partial charge in [-0.3, -0.25) is 10.2 Å². The molecule has 2 aromatic carbocycles. The van der Waals surface area contributed by atoms with Gasteiger partial charge in [0.15, 0.2) is 11.5 Å². The highest BCUT2D eigenvalue weighted by Crippen LogP contribution is 2.34. The Morgan fingerprint density at radius 2 is 1.80 bits per heavy atom. The van der Waals surface area contributed by atoms with E-state index in [0.717, 1.165) is 5.56 Å². The molecular formula is C18H19N3O4. The molecule has 0 spiro atoms. The Morgan fingerprint density at radius 3 is 2.56 bits per heavy atom. The molecule has 0 aromatic heterocycles. The van der Waals surface area contributed by atoms with Crippen molar-refractivity contribution in [1.29, 1.82) is 0 Å². The van der Waals surface area contributed by atoms with Gasteiger partial charge in [0.1, 0.15) is 0 Å². The number of fused-ring (bicyclic) bond motifs is 1. The minimum Gasteiger partial charge on any atom is -0.454 e. The van der Waals surface area contributed by atoms with Crippen molar-refractivity contribution in [2.45, 2.75) is 19.3 Å². The van der Waals surface area contributed by atoms with Gasteiger partial charge in [0, 0.05) is 11.8 Å². The molecule has 3 N–H and O–H groups in total. The van der Waals surface area contributed by atoms with Crippen LogP contribution in [-0.4, -0.2) is 18.7 Å². The first kappa shape index (κ1) is 16.6. The lowest BCUT2D eigenvalue weighted by Crippen LogP contribution is -2.45. The van der Waals surface area contributed by atoms with Gasteiger partial charge in [-0.2, -0.15) is 0 Å². The zero-order valence-electron chi connectivity index (χ0n) is 13.7. The van der Waals surface area contributed by atoms with Crippen molar-refractivity contribution >= 4 is 17.6 Å². The minimum atomic E-state index is -0.546. The van der Waals surface area contributed by atoms with E-state index in [9.17, 15) is 9.59 Å². The summed E-state index contributed by atoms with van der Waals surface area (Å²) in [5, 5.41) is 2.62. The summed E-state index contributed by atoms with van der Waals surface area (Å²) in [4.78, 5) is 24.3. The third-order valence-corrected chi connectivity index (χ3v) is 3.86. The molecule has 1 aliphatic rings. The molecule has 7 heteroatoms. The number of hydrazine groups is 1. The van der Waals surface area contributed by atoms with Crippen molar-refractivity contribution in [2.24, 2.45) is 0 Å². The summed E-state index contributed by atoms with van der Waals surface area (Å²) < 4.78 is 10.5. The van der Waals surface area contributed by atoms with Crippen LogP contribution in [0.5, 0.6) is 11.5 Å². The van der Waals surface area contributed by atoms with Crippen LogP contribution in [0.4, 0.5) is 10.5 Å². The Hall–Kier alpha value is -3.22. The summed E-state index contributed by atoms with van der Waals surface area (Å²) in [7, 11) is 0. The SMILES string of the molecule is CCC(C(=O)NNC(=O)Nc1ccc2c(c1)OCO2)c1ccccc1. The Balaban J connectivity index is 1.54. The maximum Gasteiger partial charge on any atom is 0.337 e. The lowest BCUT2D eigenvalue weighted by molar-refractivity contribution is -0.123. The van der Waals surface area contributed by atoms with E-state index in [-0.39, 0.29) is 18.6 Å². The fourth-order valence-corrected chi connectivity index (χ4v) is 2.60. The second-order valence-corrected chi connectivity index (χ2v) is 5.51. The van der Waals surface area contributed by atoms with Crippen molar-refractivity contribution in [3.8, 4) is 11.5 Å². The van der Waals surface area contributed by atoms with Gasteiger partial charge in [-0.15, -0.1) is 0 Å². The van der Waals surface area contributed by atoms with Crippen molar-refractivity contribution in [2.75, 3.05) is 12.1 Å². The summed E-state index contributed by atoms with van der Waals surface area (Å²) in [5.74, 6) is 0.603. The number of urea groups is 1. The molecule has 3 amide bonds. The largest absolute Gasteiger partial charge is 0.454 e. The number of rotatable bonds is 4. The summed E-state index contributed by atoms with van der Waals surface area (Å²) in [5.41, 5.74) is 6.25. The first-order valence-corrected chi connectivity index (χ1v) is 7.99. The highest BCUT2D eigenvalue weighted by Gasteiger charge is 2.19. The second-order valence-electron chi connectivity index (χ2n) is 5.51. The van der Waals surface area contributed by atoms with E-state index in [1.165, 1.54) is 0 Å². The van der Waals surface area contributed by atoms with E-state index < -0.39 is 6.03 Å². The van der Waals surface area contributed by atoms with Crippen molar-refractivity contribution in [1.82, 2.24) is 10.9 Å². The number of anilines is 1. The first-order chi connectivity index (χ1) is 12.2. The van der Waals surface area contributed by atoms with Gasteiger partial charge < -0.3 is 14.8 Å². The van der Waals surface area contributed by atoms with Crippen molar-refractivity contribution in [3.05, 3.63) is 54.1 Å². The molecule has 1 aliphatic heterocycles. The Bertz CT molecular complexity index is 764. The average Bonchev–Trinajstić information content (AvgIpc) is 3.09. The van der Waals surface area contributed by atoms with Gasteiger partial charge in [-0.25, -0.2) is 10.2 Å². The number of hydrogen-bond donors (Lipinski definition) is 3. The lowest BCUT2D eigenvalue weighted by atomic mass is 9.96. The molecule has 1 heterocycles. The molecule has 3 rings (SSSR count). The zero-order valence-corrected chi connectivity index (χ0v) is 13.7. The van der Waals surface area contributed by atoms with Gasteiger partial charge in [-0.05, 0) is 24.1 Å². The summed E-state index contributed by atoms with van der Waals surface area (Å²) >= 11 is 0. The zero-order chi connectivity index (χ0) is 17.6. The molecule has 0 fully saturated rings. The molecule has 1 unspecified atom stereocenters. The predicted molar refractivity (Wildman–Crippen MR) is 92.3 cm³/mol. The van der Waals surface area contributed by atoms with Crippen LogP contribution in [0.25, 0.3) is 0 Å². The third kappa shape index (κ3) is 4.00. The fraction of sp³-hybridized carbons (Fsp3) is 0.222. The number of carbonyl (C=O) groups excluding carboxylic acids is 2. The van der Waals surface area contributed by atoms with E-state index in [4.69, 9.17) is 9.47 Å². The topological polar surface area (TPSA) is 88.7 Å². The lowest BCUT2D eigenvalue weighted by Gasteiger charge is -2.16. The number of benzene rings is 2. The predicted octanol–water partition coefficient (Wildman–Crippen LogP) is 2.76. The number of carbonyl (C=O) groups is 2. The molecule has 7 nitrogen and oxygen atoms in total. The van der Waals surface area contributed by atoms with Gasteiger partial charge in [0.05, 0.1) is 5.92 Å². The number of ether oxygens (including phenoxy) is 2. The van der Waals surface area contributed by atoms with Crippen molar-refractivity contribution < 1.29 is 19.1 Å². The quantitative estimate of drug-likeness (QED) is 0.746. The molecule has 0 aliphatic carbocycles. The van der Waals surface area contributed by atoms with Crippen LogP contribution in [0.1, 0.15) is 24.8 Å². The summed E-state index contributed by atoms with van der Waals surface area (Å²) in [6.07, 6.45) is 0.626. The molecule has 0 saturated carbocycles. The van der Waals surface area contributed by atoms with Crippen LogP contribution in [0.3, 0.4) is 0 Å². The minimum absolute atomic E-state index is 0.166. The monoisotopic (exact) mass is 341 g/mol. The standard InChI is InChI=1S/C18H19N3O4/c1-2-14(12-6-4-3-5-7-12)17(22)20-21-18(23)19-13-8-9-15-16(10-13)25-11-24-15/h3-10,14H,2,11H2,1H3,(H,20,22)(H2,19,21,23). The molecule has 0 radical (unpaired) electrons. The Kier molecular flexibility index (Phi) is 5.03. The summed E-state index contributed by atoms with van der Waals surface area (Å²) in [6.45, 7) is 2.09. The number of hydrogen-bond acceptors (Lipinski definition) is 4. The van der Waals surface area contributed by atoms with Crippen LogP contribution < -0.4 is 25.6 Å². The van der Waals surface area contributed by atoms with Gasteiger partial charge in [0.2, 0.25) is 12.7 Å². The van der Waals surface area contributed by atoms with Crippen LogP contribution in [0.2, 0.25) is 0 Å². The van der Waals surface area contributed by atoms with Crippen LogP contribution in [0, 0.1) is 0 Å². The summed E-state index contributed by atoms with van der Waals surface area (Å²) in [6, 6.07) is 13.9. The molecule has 0 bridgehead atoms. The number of nitrogens with one attached hydrogen (secondary N) is 3. The van der Waals surface area contributed by atoms with Crippen LogP contribution in [-0.2, 0) is 4.79 Å². The van der Waals surface area contributed by atoms with E-state index in [1.807, 2.05) is 37.3 Å². The van der Waals surface area contributed by atoms with Crippen LogP contribution >= 0.6 is 0 Å². The van der Waals surface area contributed by atoms with Gasteiger partial charge in [-0.1, -0.05) is 37.3 Å². The smallest absolute Gasteiger partial charge is 0.337 e. The van der Waals surface area contributed by atoms with Crippen molar-refractivity contribution in [3.63, 3.8) is 0 Å². The second kappa shape index (κ2) is 7.57. The maximum atomic E-state index is 12.3. The molecule has 25 heavy (non-hydrogen) atoms. The van der Waals surface area contributed by atoms with E-state index >= 15 is 0 Å². The number of amides is 3.